The highest BCUT2D eigenvalue weighted by Crippen LogP contribution is 2.21. The Morgan fingerprint density at radius 3 is 2.42 bits per heavy atom. The van der Waals surface area contributed by atoms with Crippen LogP contribution in [0.25, 0.3) is 0 Å². The van der Waals surface area contributed by atoms with Crippen molar-refractivity contribution in [2.75, 3.05) is 0 Å². The first kappa shape index (κ1) is 9.33. The molecule has 0 aliphatic rings. The summed E-state index contributed by atoms with van der Waals surface area (Å²) in [4.78, 5) is 11.9. The van der Waals surface area contributed by atoms with Crippen LogP contribution in [-0.2, 0) is 0 Å². The fourth-order valence-electron chi connectivity index (χ4n) is 1.09. The second kappa shape index (κ2) is 3.31. The van der Waals surface area contributed by atoms with Crippen LogP contribution in [0.3, 0.4) is 0 Å². The number of carbonyl (C=O) groups excluding carboxylic acids is 1. The molecule has 0 bridgehead atoms. The van der Waals surface area contributed by atoms with Crippen molar-refractivity contribution in [3.05, 3.63) is 28.8 Å². The highest BCUT2D eigenvalue weighted by molar-refractivity contribution is 7.80. The molecule has 1 rings (SSSR count). The third-order valence-corrected chi connectivity index (χ3v) is 2.66. The summed E-state index contributed by atoms with van der Waals surface area (Å²) in [6.07, 6.45) is 0. The summed E-state index contributed by atoms with van der Waals surface area (Å²) in [5, 5.41) is 0. The van der Waals surface area contributed by atoms with Gasteiger partial charge in [-0.05, 0) is 31.9 Å². The molecule has 0 aliphatic carbocycles. The van der Waals surface area contributed by atoms with E-state index in [0.717, 1.165) is 10.5 Å². The Morgan fingerprint density at radius 2 is 1.92 bits per heavy atom. The zero-order chi connectivity index (χ0) is 9.30. The van der Waals surface area contributed by atoms with E-state index >= 15 is 0 Å². The Kier molecular flexibility index (Phi) is 2.58. The van der Waals surface area contributed by atoms with Gasteiger partial charge in [-0.2, -0.15) is 0 Å². The van der Waals surface area contributed by atoms with Crippen LogP contribution in [0.4, 0.5) is 0 Å². The fourth-order valence-corrected chi connectivity index (χ4v) is 1.49. The topological polar surface area (TPSA) is 17.1 Å². The minimum atomic E-state index is 0.0723. The van der Waals surface area contributed by atoms with Gasteiger partial charge in [0.05, 0.1) is 0 Å². The van der Waals surface area contributed by atoms with Crippen LogP contribution in [-0.4, -0.2) is 5.78 Å². The lowest BCUT2D eigenvalue weighted by Crippen LogP contribution is -1.96. The molecule has 0 radical (unpaired) electrons. The summed E-state index contributed by atoms with van der Waals surface area (Å²) in [6.45, 7) is 5.55. The minimum Gasteiger partial charge on any atom is -0.294 e. The summed E-state index contributed by atoms with van der Waals surface area (Å²) >= 11 is 4.30. The van der Waals surface area contributed by atoms with Gasteiger partial charge in [-0.3, -0.25) is 4.79 Å². The van der Waals surface area contributed by atoms with Crippen molar-refractivity contribution in [3.63, 3.8) is 0 Å². The van der Waals surface area contributed by atoms with E-state index in [2.05, 4.69) is 12.6 Å². The molecule has 1 aromatic rings. The van der Waals surface area contributed by atoms with Crippen LogP contribution in [0.1, 0.15) is 28.4 Å². The molecule has 1 nitrogen and oxygen atoms in total. The van der Waals surface area contributed by atoms with Gasteiger partial charge in [0.1, 0.15) is 0 Å². The third kappa shape index (κ3) is 1.53. The van der Waals surface area contributed by atoms with Crippen LogP contribution in [0.2, 0.25) is 0 Å². The lowest BCUT2D eigenvalue weighted by Gasteiger charge is -2.06. The van der Waals surface area contributed by atoms with Gasteiger partial charge >= 0.3 is 0 Å². The van der Waals surface area contributed by atoms with Crippen LogP contribution in [0.5, 0.6) is 0 Å². The monoisotopic (exact) mass is 180 g/mol. The number of rotatable bonds is 1. The van der Waals surface area contributed by atoms with Gasteiger partial charge < -0.3 is 0 Å². The number of aryl methyl sites for hydroxylation is 1. The summed E-state index contributed by atoms with van der Waals surface area (Å²) in [6, 6.07) is 3.78. The predicted octanol–water partition coefficient (Wildman–Crippen LogP) is 2.79. The summed E-state index contributed by atoms with van der Waals surface area (Å²) < 4.78 is 0. The molecule has 0 heterocycles. The standard InChI is InChI=1S/C10H12OS/c1-6-4-5-9(8(3)11)10(12)7(6)2/h4-5,12H,1-3H3. The first-order valence-corrected chi connectivity index (χ1v) is 4.29. The number of hydrogen-bond acceptors (Lipinski definition) is 2. The molecule has 64 valence electrons. The van der Waals surface area contributed by atoms with Crippen molar-refractivity contribution in [2.45, 2.75) is 25.7 Å². The highest BCUT2D eigenvalue weighted by atomic mass is 32.1. The van der Waals surface area contributed by atoms with Crippen LogP contribution < -0.4 is 0 Å². The SMILES string of the molecule is CC(=O)c1ccc(C)c(C)c1S. The number of Topliss-reactive ketones (excluding diaryl/α,β-unsaturated/α-hetero) is 1. The van der Waals surface area contributed by atoms with Crippen LogP contribution in [0, 0.1) is 13.8 Å². The number of carbonyl (C=O) groups is 1. The molecule has 0 saturated carbocycles. The largest absolute Gasteiger partial charge is 0.294 e. The lowest BCUT2D eigenvalue weighted by atomic mass is 10.0. The van der Waals surface area contributed by atoms with E-state index in [4.69, 9.17) is 0 Å². The number of thiol groups is 1. The first-order chi connectivity index (χ1) is 5.54. The molecule has 0 fully saturated rings. The molecule has 1 aromatic carbocycles. The van der Waals surface area contributed by atoms with Crippen molar-refractivity contribution in [1.82, 2.24) is 0 Å². The Morgan fingerprint density at radius 1 is 1.33 bits per heavy atom. The molecule has 0 aliphatic heterocycles. The van der Waals surface area contributed by atoms with Gasteiger partial charge in [0.25, 0.3) is 0 Å². The molecule has 0 atom stereocenters. The zero-order valence-corrected chi connectivity index (χ0v) is 8.40. The van der Waals surface area contributed by atoms with Gasteiger partial charge in [0.2, 0.25) is 0 Å². The fraction of sp³-hybridized carbons (Fsp3) is 0.300. The molecule has 12 heavy (non-hydrogen) atoms. The second-order valence-electron chi connectivity index (χ2n) is 2.96. The highest BCUT2D eigenvalue weighted by Gasteiger charge is 2.07. The Balaban J connectivity index is 3.36. The van der Waals surface area contributed by atoms with Crippen LogP contribution in [0.15, 0.2) is 17.0 Å². The maximum atomic E-state index is 11.1. The normalized spacial score (nSPS) is 10.0. The molecule has 0 aromatic heterocycles. The van der Waals surface area contributed by atoms with E-state index in [1.165, 1.54) is 5.56 Å². The molecule has 0 saturated heterocycles. The quantitative estimate of drug-likeness (QED) is 0.519. The number of ketones is 1. The van der Waals surface area contributed by atoms with Crippen molar-refractivity contribution in [2.24, 2.45) is 0 Å². The van der Waals surface area contributed by atoms with Crippen molar-refractivity contribution >= 4 is 18.4 Å². The van der Waals surface area contributed by atoms with Crippen molar-refractivity contribution in [1.29, 1.82) is 0 Å². The smallest absolute Gasteiger partial charge is 0.160 e. The molecule has 0 spiro atoms. The molecule has 0 unspecified atom stereocenters. The van der Waals surface area contributed by atoms with Crippen molar-refractivity contribution < 1.29 is 4.79 Å². The van der Waals surface area contributed by atoms with Crippen molar-refractivity contribution in [3.8, 4) is 0 Å². The number of benzene rings is 1. The average Bonchev–Trinajstić information content (AvgIpc) is 2.00. The van der Waals surface area contributed by atoms with E-state index in [-0.39, 0.29) is 5.78 Å². The summed E-state index contributed by atoms with van der Waals surface area (Å²) in [7, 11) is 0. The molecular formula is C10H12OS. The lowest BCUT2D eigenvalue weighted by molar-refractivity contribution is 0.101. The molecular weight excluding hydrogens is 168 g/mol. The van der Waals surface area contributed by atoms with E-state index in [1.807, 2.05) is 26.0 Å². The van der Waals surface area contributed by atoms with Gasteiger partial charge in [-0.25, -0.2) is 0 Å². The first-order valence-electron chi connectivity index (χ1n) is 3.84. The maximum absolute atomic E-state index is 11.1. The Labute approximate surface area is 78.2 Å². The number of hydrogen-bond donors (Lipinski definition) is 1. The molecule has 0 N–H and O–H groups in total. The van der Waals surface area contributed by atoms with Gasteiger partial charge in [-0.1, -0.05) is 12.1 Å². The van der Waals surface area contributed by atoms with E-state index in [0.29, 0.717) is 5.56 Å². The maximum Gasteiger partial charge on any atom is 0.160 e. The predicted molar refractivity (Wildman–Crippen MR) is 53.2 cm³/mol. The van der Waals surface area contributed by atoms with E-state index < -0.39 is 0 Å². The zero-order valence-electron chi connectivity index (χ0n) is 7.51. The Bertz CT molecular complexity index is 329. The van der Waals surface area contributed by atoms with Gasteiger partial charge in [0, 0.05) is 10.5 Å². The minimum absolute atomic E-state index is 0.0723. The van der Waals surface area contributed by atoms with Crippen LogP contribution >= 0.6 is 12.6 Å². The Hall–Kier alpha value is -0.760. The summed E-state index contributed by atoms with van der Waals surface area (Å²) in [5.41, 5.74) is 2.97. The summed E-state index contributed by atoms with van der Waals surface area (Å²) in [5.74, 6) is 0.0723. The van der Waals surface area contributed by atoms with E-state index in [9.17, 15) is 4.79 Å². The average molecular weight is 180 g/mol. The molecule has 0 amide bonds. The third-order valence-electron chi connectivity index (χ3n) is 2.08. The van der Waals surface area contributed by atoms with E-state index in [1.54, 1.807) is 6.92 Å². The van der Waals surface area contributed by atoms with Gasteiger partial charge in [0.15, 0.2) is 5.78 Å². The second-order valence-corrected chi connectivity index (χ2v) is 3.41. The van der Waals surface area contributed by atoms with Gasteiger partial charge in [-0.15, -0.1) is 12.6 Å². The molecule has 2 heteroatoms.